The van der Waals surface area contributed by atoms with E-state index in [-0.39, 0.29) is 11.6 Å². The summed E-state index contributed by atoms with van der Waals surface area (Å²) in [4.78, 5) is 16.4. The van der Waals surface area contributed by atoms with Crippen LogP contribution in [0.25, 0.3) is 0 Å². The van der Waals surface area contributed by atoms with Crippen LogP contribution in [0.15, 0.2) is 16.6 Å². The molecule has 1 N–H and O–H groups in total. The molecule has 3 rings (SSSR count). The summed E-state index contributed by atoms with van der Waals surface area (Å²) in [5, 5.41) is 11.1. The van der Waals surface area contributed by atoms with Crippen molar-refractivity contribution in [1.29, 1.82) is 0 Å². The van der Waals surface area contributed by atoms with Gasteiger partial charge in [-0.2, -0.15) is 10.2 Å². The van der Waals surface area contributed by atoms with Gasteiger partial charge in [0.15, 0.2) is 5.66 Å². The van der Waals surface area contributed by atoms with Gasteiger partial charge in [0.25, 0.3) is 0 Å². The molecule has 1 aliphatic carbocycles. The molecule has 0 bridgehead atoms. The number of hydrogen-bond acceptors (Lipinski definition) is 4. The van der Waals surface area contributed by atoms with Gasteiger partial charge in [-0.1, -0.05) is 0 Å². The first kappa shape index (κ1) is 16.7. The number of nitrogens with zero attached hydrogens (tertiary/aromatic N) is 4. The first-order valence-corrected chi connectivity index (χ1v) is 8.89. The van der Waals surface area contributed by atoms with Gasteiger partial charge in [-0.25, -0.2) is 4.98 Å². The zero-order valence-corrected chi connectivity index (χ0v) is 14.1. The molecular formula is C18H25N5O. The molecule has 1 aromatic heterocycles. The van der Waals surface area contributed by atoms with E-state index in [2.05, 4.69) is 31.0 Å². The largest absolute Gasteiger partial charge is 0.356 e. The Kier molecular flexibility index (Phi) is 5.29. The number of amides is 1. The van der Waals surface area contributed by atoms with Crippen molar-refractivity contribution < 1.29 is 4.79 Å². The van der Waals surface area contributed by atoms with E-state index < -0.39 is 0 Å². The lowest BCUT2D eigenvalue weighted by Gasteiger charge is -2.14. The maximum atomic E-state index is 11.9. The molecule has 2 aliphatic rings. The van der Waals surface area contributed by atoms with E-state index in [4.69, 9.17) is 6.42 Å². The Balaban J connectivity index is 1.31. The second-order valence-corrected chi connectivity index (χ2v) is 6.63. The van der Waals surface area contributed by atoms with E-state index in [9.17, 15) is 4.79 Å². The smallest absolute Gasteiger partial charge is 0.220 e. The first-order chi connectivity index (χ1) is 11.7. The Morgan fingerprint density at radius 1 is 1.33 bits per heavy atom. The number of imidazole rings is 1. The lowest BCUT2D eigenvalue weighted by molar-refractivity contribution is -0.121. The normalized spacial score (nSPS) is 17.1. The lowest BCUT2D eigenvalue weighted by Crippen LogP contribution is -2.27. The van der Waals surface area contributed by atoms with Crippen LogP contribution in [0.5, 0.6) is 0 Å². The van der Waals surface area contributed by atoms with Gasteiger partial charge in [0.1, 0.15) is 0 Å². The highest BCUT2D eigenvalue weighted by Crippen LogP contribution is 2.37. The van der Waals surface area contributed by atoms with Crippen molar-refractivity contribution in [3.8, 4) is 12.3 Å². The molecule has 0 aromatic carbocycles. The van der Waals surface area contributed by atoms with Crippen LogP contribution in [0.1, 0.15) is 56.3 Å². The van der Waals surface area contributed by atoms with E-state index in [1.165, 1.54) is 24.2 Å². The minimum absolute atomic E-state index is 0.0695. The Bertz CT molecular complexity index is 649. The number of aromatic nitrogens is 2. The molecule has 1 amide bonds. The van der Waals surface area contributed by atoms with E-state index in [1.54, 1.807) is 0 Å². The third-order valence-corrected chi connectivity index (χ3v) is 4.81. The summed E-state index contributed by atoms with van der Waals surface area (Å²) in [6.45, 7) is 1.61. The molecule has 2 heterocycles. The van der Waals surface area contributed by atoms with Crippen LogP contribution in [-0.2, 0) is 24.2 Å². The van der Waals surface area contributed by atoms with Crippen LogP contribution in [0.2, 0.25) is 0 Å². The maximum Gasteiger partial charge on any atom is 0.220 e. The summed E-state index contributed by atoms with van der Waals surface area (Å²) < 4.78 is 2.25. The molecule has 24 heavy (non-hydrogen) atoms. The molecule has 6 nitrogen and oxygen atoms in total. The van der Waals surface area contributed by atoms with E-state index >= 15 is 0 Å². The maximum absolute atomic E-state index is 11.9. The van der Waals surface area contributed by atoms with Crippen molar-refractivity contribution in [2.24, 2.45) is 10.2 Å². The van der Waals surface area contributed by atoms with Crippen molar-refractivity contribution in [2.45, 2.75) is 70.0 Å². The number of nitrogens with one attached hydrogen (secondary N) is 1. The molecule has 6 heteroatoms. The standard InChI is InChI=1S/C18H25N5O/c1-2-3-10-18(21-22-18)11-9-17(24)19-12-6-13-23-14-20-15-7-4-5-8-16(15)23/h1,14H,3-13H2,(H,19,24). The Morgan fingerprint density at radius 2 is 2.17 bits per heavy atom. The number of hydrogen-bond donors (Lipinski definition) is 1. The molecule has 0 saturated carbocycles. The van der Waals surface area contributed by atoms with E-state index in [1.807, 2.05) is 6.33 Å². The highest BCUT2D eigenvalue weighted by atomic mass is 16.1. The molecule has 0 fully saturated rings. The van der Waals surface area contributed by atoms with Crippen molar-refractivity contribution in [1.82, 2.24) is 14.9 Å². The second kappa shape index (κ2) is 7.61. The topological polar surface area (TPSA) is 71.6 Å². The fraction of sp³-hybridized carbons (Fsp3) is 0.667. The molecule has 0 atom stereocenters. The highest BCUT2D eigenvalue weighted by molar-refractivity contribution is 5.75. The van der Waals surface area contributed by atoms with Crippen LogP contribution in [0.4, 0.5) is 0 Å². The highest BCUT2D eigenvalue weighted by Gasteiger charge is 2.39. The fourth-order valence-corrected chi connectivity index (χ4v) is 3.27. The number of fused-ring (bicyclic) bond motifs is 1. The number of terminal acetylenes is 1. The Labute approximate surface area is 143 Å². The minimum Gasteiger partial charge on any atom is -0.356 e. The number of carbonyl (C=O) groups excluding carboxylic acids is 1. The summed E-state index contributed by atoms with van der Waals surface area (Å²) in [5.74, 6) is 2.67. The SMILES string of the molecule is C#CCCC1(CCC(=O)NCCCn2cnc3c2CCCC3)N=N1. The van der Waals surface area contributed by atoms with Crippen molar-refractivity contribution in [3.05, 3.63) is 17.7 Å². The van der Waals surface area contributed by atoms with E-state index in [0.717, 1.165) is 32.2 Å². The number of carbonyl (C=O) groups is 1. The number of aryl methyl sites for hydroxylation is 2. The van der Waals surface area contributed by atoms with Gasteiger partial charge < -0.3 is 9.88 Å². The van der Waals surface area contributed by atoms with Gasteiger partial charge in [0.05, 0.1) is 12.0 Å². The third kappa shape index (κ3) is 4.22. The Morgan fingerprint density at radius 3 is 2.96 bits per heavy atom. The van der Waals surface area contributed by atoms with E-state index in [0.29, 0.717) is 25.8 Å². The van der Waals surface area contributed by atoms with Gasteiger partial charge in [-0.3, -0.25) is 4.79 Å². The van der Waals surface area contributed by atoms with Crippen molar-refractivity contribution in [3.63, 3.8) is 0 Å². The zero-order valence-electron chi connectivity index (χ0n) is 14.1. The predicted octanol–water partition coefficient (Wildman–Crippen LogP) is 2.62. The van der Waals surface area contributed by atoms with Crippen LogP contribution in [-0.4, -0.2) is 27.7 Å². The molecule has 0 radical (unpaired) electrons. The summed E-state index contributed by atoms with van der Waals surface area (Å²) in [6, 6.07) is 0. The molecule has 0 saturated heterocycles. The average Bonchev–Trinajstić information content (AvgIpc) is 3.27. The zero-order chi connectivity index (χ0) is 16.8. The van der Waals surface area contributed by atoms with Crippen LogP contribution in [0.3, 0.4) is 0 Å². The van der Waals surface area contributed by atoms with Crippen LogP contribution >= 0.6 is 0 Å². The first-order valence-electron chi connectivity index (χ1n) is 8.89. The lowest BCUT2D eigenvalue weighted by atomic mass is 10.0. The molecule has 1 aliphatic heterocycles. The van der Waals surface area contributed by atoms with Crippen LogP contribution in [0, 0.1) is 12.3 Å². The van der Waals surface area contributed by atoms with Crippen molar-refractivity contribution >= 4 is 5.91 Å². The molecular weight excluding hydrogens is 302 g/mol. The molecule has 0 spiro atoms. The average molecular weight is 327 g/mol. The summed E-state index contributed by atoms with van der Waals surface area (Å²) >= 11 is 0. The fourth-order valence-electron chi connectivity index (χ4n) is 3.27. The van der Waals surface area contributed by atoms with Crippen LogP contribution < -0.4 is 5.32 Å². The van der Waals surface area contributed by atoms with Gasteiger partial charge in [0, 0.05) is 44.5 Å². The van der Waals surface area contributed by atoms with Gasteiger partial charge in [-0.05, 0) is 32.1 Å². The monoisotopic (exact) mass is 327 g/mol. The summed E-state index contributed by atoms with van der Waals surface area (Å²) in [5.41, 5.74) is 2.29. The summed E-state index contributed by atoms with van der Waals surface area (Å²) in [6.07, 6.45) is 15.4. The predicted molar refractivity (Wildman–Crippen MR) is 91.4 cm³/mol. The third-order valence-electron chi connectivity index (χ3n) is 4.81. The van der Waals surface area contributed by atoms with Gasteiger partial charge in [0.2, 0.25) is 5.91 Å². The number of rotatable bonds is 9. The van der Waals surface area contributed by atoms with Gasteiger partial charge >= 0.3 is 0 Å². The molecule has 1 aromatic rings. The van der Waals surface area contributed by atoms with Crippen molar-refractivity contribution in [2.75, 3.05) is 6.54 Å². The quantitative estimate of drug-likeness (QED) is 0.559. The second-order valence-electron chi connectivity index (χ2n) is 6.63. The van der Waals surface area contributed by atoms with Gasteiger partial charge in [-0.15, -0.1) is 12.3 Å². The Hall–Kier alpha value is -2.16. The molecule has 0 unspecified atom stereocenters. The minimum atomic E-state index is -0.362. The molecule has 128 valence electrons. The summed E-state index contributed by atoms with van der Waals surface area (Å²) in [7, 11) is 0.